The number of anilines is 2. The minimum Gasteiger partial charge on any atom is -0.347 e. The Hall–Kier alpha value is -2.83. The summed E-state index contributed by atoms with van der Waals surface area (Å²) in [6.45, 7) is 5.35. The van der Waals surface area contributed by atoms with Gasteiger partial charge in [0.25, 0.3) is 5.91 Å². The Morgan fingerprint density at radius 3 is 2.64 bits per heavy atom. The zero-order valence-electron chi connectivity index (χ0n) is 11.9. The molecule has 0 radical (unpaired) electrons. The molecule has 114 valence electrons. The highest BCUT2D eigenvalue weighted by Crippen LogP contribution is 2.22. The summed E-state index contributed by atoms with van der Waals surface area (Å²) in [6.07, 6.45) is 1.53. The number of carbonyl (C=O) groups is 1. The largest absolute Gasteiger partial charge is 0.347 e. The number of amides is 1. The molecule has 0 aliphatic heterocycles. The molecule has 0 aliphatic carbocycles. The van der Waals surface area contributed by atoms with E-state index in [1.54, 1.807) is 6.92 Å². The van der Waals surface area contributed by atoms with E-state index in [0.717, 1.165) is 12.1 Å². The Bertz CT molecular complexity index is 698. The number of hydrogen-bond acceptors (Lipinski definition) is 4. The quantitative estimate of drug-likeness (QED) is 0.834. The van der Waals surface area contributed by atoms with Crippen LogP contribution in [0.3, 0.4) is 0 Å². The van der Waals surface area contributed by atoms with Crippen molar-refractivity contribution in [3.05, 3.63) is 60.1 Å². The van der Waals surface area contributed by atoms with E-state index in [0.29, 0.717) is 5.82 Å². The molecule has 1 amide bonds. The number of nitrogens with zero attached hydrogens (tertiary/aromatic N) is 2. The van der Waals surface area contributed by atoms with Crippen LogP contribution in [0.15, 0.2) is 36.9 Å². The summed E-state index contributed by atoms with van der Waals surface area (Å²) in [6, 6.07) is 4.82. The highest BCUT2D eigenvalue weighted by atomic mass is 19.1. The molecule has 0 aliphatic rings. The molecule has 0 unspecified atom stereocenters. The molecule has 0 saturated carbocycles. The van der Waals surface area contributed by atoms with Gasteiger partial charge in [-0.15, -0.1) is 6.58 Å². The van der Waals surface area contributed by atoms with Crippen molar-refractivity contribution in [1.82, 2.24) is 15.3 Å². The number of carbonyl (C=O) groups excluding carboxylic acids is 1. The van der Waals surface area contributed by atoms with Gasteiger partial charge in [0.15, 0.2) is 0 Å². The van der Waals surface area contributed by atoms with E-state index >= 15 is 0 Å². The lowest BCUT2D eigenvalue weighted by Gasteiger charge is -2.10. The van der Waals surface area contributed by atoms with Gasteiger partial charge in [-0.05, 0) is 19.1 Å². The number of benzene rings is 1. The van der Waals surface area contributed by atoms with Crippen LogP contribution in [0.25, 0.3) is 0 Å². The van der Waals surface area contributed by atoms with Gasteiger partial charge in [0, 0.05) is 12.6 Å². The number of nitrogens with one attached hydrogen (secondary N) is 2. The van der Waals surface area contributed by atoms with Crippen molar-refractivity contribution in [2.24, 2.45) is 0 Å². The smallest absolute Gasteiger partial charge is 0.270 e. The maximum atomic E-state index is 13.6. The number of halogens is 2. The van der Waals surface area contributed by atoms with Crippen molar-refractivity contribution in [3.63, 3.8) is 0 Å². The summed E-state index contributed by atoms with van der Waals surface area (Å²) in [7, 11) is 0. The Morgan fingerprint density at radius 1 is 1.32 bits per heavy atom. The zero-order chi connectivity index (χ0) is 16.1. The molecule has 2 aromatic rings. The first kappa shape index (κ1) is 15.6. The SMILES string of the molecule is C=CCNC(=O)c1cc(Nc2c(F)cccc2F)nc(C)n1. The van der Waals surface area contributed by atoms with Crippen molar-refractivity contribution < 1.29 is 13.6 Å². The molecular weight excluding hydrogens is 290 g/mol. The molecular formula is C15H14F2N4O. The van der Waals surface area contributed by atoms with Crippen LogP contribution in [0.4, 0.5) is 20.3 Å². The topological polar surface area (TPSA) is 66.9 Å². The standard InChI is InChI=1S/C15H14F2N4O/c1-3-7-18-15(22)12-8-13(20-9(2)19-12)21-14-10(16)5-4-6-11(14)17/h3-6,8H,1,7H2,2H3,(H,18,22)(H,19,20,21). The van der Waals surface area contributed by atoms with E-state index in [2.05, 4.69) is 27.2 Å². The number of aryl methyl sites for hydroxylation is 1. The van der Waals surface area contributed by atoms with Gasteiger partial charge in [0.1, 0.15) is 34.7 Å². The zero-order valence-corrected chi connectivity index (χ0v) is 11.9. The monoisotopic (exact) mass is 304 g/mol. The lowest BCUT2D eigenvalue weighted by molar-refractivity contribution is 0.0952. The van der Waals surface area contributed by atoms with Gasteiger partial charge < -0.3 is 10.6 Å². The van der Waals surface area contributed by atoms with E-state index in [-0.39, 0.29) is 23.7 Å². The average Bonchev–Trinajstić information content (AvgIpc) is 2.48. The van der Waals surface area contributed by atoms with E-state index < -0.39 is 17.5 Å². The van der Waals surface area contributed by atoms with Crippen LogP contribution >= 0.6 is 0 Å². The van der Waals surface area contributed by atoms with E-state index in [1.807, 2.05) is 0 Å². The van der Waals surface area contributed by atoms with Gasteiger partial charge in [-0.1, -0.05) is 12.1 Å². The fourth-order valence-electron chi connectivity index (χ4n) is 1.75. The molecule has 0 spiro atoms. The second kappa shape index (κ2) is 6.75. The second-order valence-electron chi connectivity index (χ2n) is 4.41. The van der Waals surface area contributed by atoms with E-state index in [1.165, 1.54) is 18.2 Å². The molecule has 1 heterocycles. The predicted octanol–water partition coefficient (Wildman–Crippen LogP) is 2.72. The fraction of sp³-hybridized carbons (Fsp3) is 0.133. The lowest BCUT2D eigenvalue weighted by Crippen LogP contribution is -2.24. The van der Waals surface area contributed by atoms with E-state index in [4.69, 9.17) is 0 Å². The molecule has 0 atom stereocenters. The van der Waals surface area contributed by atoms with Crippen LogP contribution in [0, 0.1) is 18.6 Å². The molecule has 22 heavy (non-hydrogen) atoms. The Kier molecular flexibility index (Phi) is 4.77. The van der Waals surface area contributed by atoms with Gasteiger partial charge in [-0.3, -0.25) is 4.79 Å². The van der Waals surface area contributed by atoms with Crippen molar-refractivity contribution in [2.45, 2.75) is 6.92 Å². The van der Waals surface area contributed by atoms with Gasteiger partial charge in [-0.25, -0.2) is 18.7 Å². The first-order valence-electron chi connectivity index (χ1n) is 6.47. The van der Waals surface area contributed by atoms with Crippen LogP contribution in [0.5, 0.6) is 0 Å². The van der Waals surface area contributed by atoms with Crippen LogP contribution in [0.2, 0.25) is 0 Å². The normalized spacial score (nSPS) is 10.1. The number of para-hydroxylation sites is 1. The fourth-order valence-corrected chi connectivity index (χ4v) is 1.75. The first-order chi connectivity index (χ1) is 10.5. The maximum Gasteiger partial charge on any atom is 0.270 e. The summed E-state index contributed by atoms with van der Waals surface area (Å²) in [5.74, 6) is -1.52. The molecule has 7 heteroatoms. The third kappa shape index (κ3) is 3.63. The van der Waals surface area contributed by atoms with E-state index in [9.17, 15) is 13.6 Å². The molecule has 0 saturated heterocycles. The lowest BCUT2D eigenvalue weighted by atomic mass is 10.2. The van der Waals surface area contributed by atoms with Gasteiger partial charge in [-0.2, -0.15) is 0 Å². The molecule has 1 aromatic heterocycles. The third-order valence-corrected chi connectivity index (χ3v) is 2.69. The van der Waals surface area contributed by atoms with Crippen molar-refractivity contribution in [2.75, 3.05) is 11.9 Å². The summed E-state index contributed by atoms with van der Waals surface area (Å²) in [4.78, 5) is 19.9. The van der Waals surface area contributed by atoms with Crippen molar-refractivity contribution in [3.8, 4) is 0 Å². The van der Waals surface area contributed by atoms with Crippen LogP contribution < -0.4 is 10.6 Å². The molecule has 0 bridgehead atoms. The summed E-state index contributed by atoms with van der Waals surface area (Å²) < 4.78 is 27.3. The minimum atomic E-state index is -0.756. The van der Waals surface area contributed by atoms with Crippen molar-refractivity contribution >= 4 is 17.4 Å². The summed E-state index contributed by atoms with van der Waals surface area (Å²) in [5.41, 5.74) is -0.244. The molecule has 2 N–H and O–H groups in total. The molecule has 0 fully saturated rings. The predicted molar refractivity (Wildman–Crippen MR) is 78.9 cm³/mol. The Balaban J connectivity index is 2.30. The summed E-state index contributed by atoms with van der Waals surface area (Å²) >= 11 is 0. The number of rotatable bonds is 5. The minimum absolute atomic E-state index is 0.0913. The Labute approximate surface area is 126 Å². The summed E-state index contributed by atoms with van der Waals surface area (Å²) in [5, 5.41) is 5.10. The maximum absolute atomic E-state index is 13.6. The highest BCUT2D eigenvalue weighted by Gasteiger charge is 2.13. The average molecular weight is 304 g/mol. The number of aromatic nitrogens is 2. The first-order valence-corrected chi connectivity index (χ1v) is 6.47. The van der Waals surface area contributed by atoms with Gasteiger partial charge in [0.2, 0.25) is 0 Å². The molecule has 2 rings (SSSR count). The van der Waals surface area contributed by atoms with Crippen LogP contribution in [0.1, 0.15) is 16.3 Å². The Morgan fingerprint density at radius 2 is 2.00 bits per heavy atom. The third-order valence-electron chi connectivity index (χ3n) is 2.69. The molecule has 1 aromatic carbocycles. The highest BCUT2D eigenvalue weighted by molar-refractivity contribution is 5.93. The molecule has 5 nitrogen and oxygen atoms in total. The number of hydrogen-bond donors (Lipinski definition) is 2. The van der Waals surface area contributed by atoms with Crippen molar-refractivity contribution in [1.29, 1.82) is 0 Å². The van der Waals surface area contributed by atoms with Crippen LogP contribution in [-0.4, -0.2) is 22.4 Å². The van der Waals surface area contributed by atoms with Gasteiger partial charge >= 0.3 is 0 Å². The van der Waals surface area contributed by atoms with Crippen LogP contribution in [-0.2, 0) is 0 Å². The second-order valence-corrected chi connectivity index (χ2v) is 4.41. The van der Waals surface area contributed by atoms with Gasteiger partial charge in [0.05, 0.1) is 0 Å².